The maximum absolute atomic E-state index is 12.9. The molecule has 32 heavy (non-hydrogen) atoms. The average Bonchev–Trinajstić information content (AvgIpc) is 2.76. The van der Waals surface area contributed by atoms with Gasteiger partial charge < -0.3 is 9.80 Å². The topological polar surface area (TPSA) is 58.0 Å². The quantitative estimate of drug-likeness (QED) is 0.591. The third kappa shape index (κ3) is 4.24. The maximum Gasteiger partial charge on any atom is 0.416 e. The normalized spacial score (nSPS) is 17.0. The van der Waals surface area contributed by atoms with Crippen molar-refractivity contribution in [2.45, 2.75) is 39.9 Å². The number of anilines is 2. The smallest absolute Gasteiger partial charge is 0.351 e. The standard InChI is InChI=1S/C23H25F3N6/c1-14-11-28-20(12-27-14)32-10-9-31(13-15(32)2)22-17(4)16(3)21(29-30-22)18-5-7-19(8-6-18)23(24,25)26/h5-8,11-12,15H,9-10,13H2,1-4H3/t15-/m1/s1. The minimum atomic E-state index is -4.36. The summed E-state index contributed by atoms with van der Waals surface area (Å²) < 4.78 is 38.6. The van der Waals surface area contributed by atoms with Crippen LogP contribution in [0.15, 0.2) is 36.7 Å². The summed E-state index contributed by atoms with van der Waals surface area (Å²) in [5.74, 6) is 1.67. The molecule has 1 fully saturated rings. The van der Waals surface area contributed by atoms with E-state index in [1.54, 1.807) is 12.4 Å². The minimum Gasteiger partial charge on any atom is -0.351 e. The molecule has 0 N–H and O–H groups in total. The molecule has 3 aromatic rings. The molecule has 1 aliphatic heterocycles. The van der Waals surface area contributed by atoms with Gasteiger partial charge >= 0.3 is 6.18 Å². The van der Waals surface area contributed by atoms with Gasteiger partial charge in [-0.2, -0.15) is 13.2 Å². The van der Waals surface area contributed by atoms with Crippen molar-refractivity contribution in [1.82, 2.24) is 20.2 Å². The van der Waals surface area contributed by atoms with E-state index in [0.717, 1.165) is 60.2 Å². The number of benzene rings is 1. The zero-order valence-electron chi connectivity index (χ0n) is 18.5. The Hall–Kier alpha value is -3.23. The molecule has 0 radical (unpaired) electrons. The summed E-state index contributed by atoms with van der Waals surface area (Å²) >= 11 is 0. The molecule has 3 heterocycles. The molecule has 1 aromatic carbocycles. The summed E-state index contributed by atoms with van der Waals surface area (Å²) in [7, 11) is 0. The van der Waals surface area contributed by atoms with Gasteiger partial charge in [-0.15, -0.1) is 10.2 Å². The van der Waals surface area contributed by atoms with Gasteiger partial charge in [-0.25, -0.2) is 4.98 Å². The van der Waals surface area contributed by atoms with Gasteiger partial charge in [0.25, 0.3) is 0 Å². The average molecular weight is 442 g/mol. The number of hydrogen-bond donors (Lipinski definition) is 0. The van der Waals surface area contributed by atoms with E-state index < -0.39 is 11.7 Å². The van der Waals surface area contributed by atoms with Crippen LogP contribution >= 0.6 is 0 Å². The predicted molar refractivity (Wildman–Crippen MR) is 118 cm³/mol. The molecular weight excluding hydrogens is 417 g/mol. The molecule has 9 heteroatoms. The van der Waals surface area contributed by atoms with E-state index in [1.165, 1.54) is 12.1 Å². The van der Waals surface area contributed by atoms with Crippen molar-refractivity contribution in [3.8, 4) is 11.3 Å². The Kier molecular flexibility index (Phi) is 5.75. The first-order chi connectivity index (χ1) is 15.1. The van der Waals surface area contributed by atoms with Crippen LogP contribution in [0.3, 0.4) is 0 Å². The summed E-state index contributed by atoms with van der Waals surface area (Å²) in [5, 5.41) is 8.84. The highest BCUT2D eigenvalue weighted by atomic mass is 19.4. The van der Waals surface area contributed by atoms with Gasteiger partial charge in [0, 0.05) is 31.2 Å². The molecule has 1 atom stereocenters. The van der Waals surface area contributed by atoms with Crippen molar-refractivity contribution in [2.75, 3.05) is 29.4 Å². The molecule has 4 rings (SSSR count). The highest BCUT2D eigenvalue weighted by molar-refractivity contribution is 5.67. The molecule has 6 nitrogen and oxygen atoms in total. The number of halogens is 3. The third-order valence-electron chi connectivity index (χ3n) is 5.97. The van der Waals surface area contributed by atoms with Crippen molar-refractivity contribution >= 4 is 11.6 Å². The van der Waals surface area contributed by atoms with Crippen LogP contribution in [0.25, 0.3) is 11.3 Å². The number of piperazine rings is 1. The van der Waals surface area contributed by atoms with E-state index in [4.69, 9.17) is 0 Å². The third-order valence-corrected chi connectivity index (χ3v) is 5.97. The molecule has 0 amide bonds. The Labute approximate surface area is 185 Å². The van der Waals surface area contributed by atoms with Gasteiger partial charge in [0.2, 0.25) is 0 Å². The van der Waals surface area contributed by atoms with Crippen LogP contribution < -0.4 is 9.80 Å². The van der Waals surface area contributed by atoms with Crippen LogP contribution in [-0.2, 0) is 6.18 Å². The fourth-order valence-electron chi connectivity index (χ4n) is 4.01. The van der Waals surface area contributed by atoms with Crippen molar-refractivity contribution in [2.24, 2.45) is 0 Å². The van der Waals surface area contributed by atoms with Crippen LogP contribution in [0, 0.1) is 20.8 Å². The number of nitrogens with zero attached hydrogens (tertiary/aromatic N) is 6. The van der Waals surface area contributed by atoms with E-state index in [0.29, 0.717) is 11.3 Å². The van der Waals surface area contributed by atoms with Gasteiger partial charge in [-0.05, 0) is 51.0 Å². The lowest BCUT2D eigenvalue weighted by Crippen LogP contribution is -2.53. The monoisotopic (exact) mass is 442 g/mol. The Balaban J connectivity index is 1.54. The van der Waals surface area contributed by atoms with Crippen molar-refractivity contribution in [3.63, 3.8) is 0 Å². The van der Waals surface area contributed by atoms with Gasteiger partial charge in [0.15, 0.2) is 5.82 Å². The van der Waals surface area contributed by atoms with Gasteiger partial charge in [0.05, 0.1) is 29.3 Å². The summed E-state index contributed by atoms with van der Waals surface area (Å²) in [6.07, 6.45) is -0.787. The molecule has 0 spiro atoms. The highest BCUT2D eigenvalue weighted by Crippen LogP contribution is 2.33. The second kappa shape index (κ2) is 8.37. The van der Waals surface area contributed by atoms with Crippen LogP contribution in [0.2, 0.25) is 0 Å². The number of hydrogen-bond acceptors (Lipinski definition) is 6. The van der Waals surface area contributed by atoms with E-state index in [2.05, 4.69) is 36.9 Å². The van der Waals surface area contributed by atoms with Gasteiger partial charge in [-0.3, -0.25) is 4.98 Å². The molecular formula is C23H25F3N6. The molecule has 0 saturated carbocycles. The lowest BCUT2D eigenvalue weighted by Gasteiger charge is -2.41. The Morgan fingerprint density at radius 1 is 0.906 bits per heavy atom. The zero-order valence-corrected chi connectivity index (χ0v) is 18.5. The fraction of sp³-hybridized carbons (Fsp3) is 0.391. The highest BCUT2D eigenvalue weighted by Gasteiger charge is 2.30. The lowest BCUT2D eigenvalue weighted by atomic mass is 10.0. The minimum absolute atomic E-state index is 0.205. The fourth-order valence-corrected chi connectivity index (χ4v) is 4.01. The number of alkyl halides is 3. The maximum atomic E-state index is 12.9. The molecule has 2 aromatic heterocycles. The first-order valence-corrected chi connectivity index (χ1v) is 10.5. The molecule has 0 bridgehead atoms. The first-order valence-electron chi connectivity index (χ1n) is 10.5. The second-order valence-corrected chi connectivity index (χ2v) is 8.20. The Morgan fingerprint density at radius 2 is 1.62 bits per heavy atom. The Morgan fingerprint density at radius 3 is 2.22 bits per heavy atom. The molecule has 1 saturated heterocycles. The largest absolute Gasteiger partial charge is 0.416 e. The van der Waals surface area contributed by atoms with Gasteiger partial charge in [0.1, 0.15) is 5.82 Å². The van der Waals surface area contributed by atoms with Crippen molar-refractivity contribution in [3.05, 3.63) is 59.0 Å². The Bertz CT molecular complexity index is 1100. The lowest BCUT2D eigenvalue weighted by molar-refractivity contribution is -0.137. The molecule has 168 valence electrons. The van der Waals surface area contributed by atoms with Crippen molar-refractivity contribution in [1.29, 1.82) is 0 Å². The second-order valence-electron chi connectivity index (χ2n) is 8.20. The zero-order chi connectivity index (χ0) is 23.0. The van der Waals surface area contributed by atoms with Crippen LogP contribution in [0.5, 0.6) is 0 Å². The van der Waals surface area contributed by atoms with Crippen molar-refractivity contribution < 1.29 is 13.2 Å². The summed E-state index contributed by atoms with van der Waals surface area (Å²) in [6, 6.07) is 5.25. The molecule has 0 aliphatic carbocycles. The van der Waals surface area contributed by atoms with Gasteiger partial charge in [-0.1, -0.05) is 12.1 Å². The number of rotatable bonds is 3. The predicted octanol–water partition coefficient (Wildman–Crippen LogP) is 4.59. The van der Waals surface area contributed by atoms with E-state index in [9.17, 15) is 13.2 Å². The van der Waals surface area contributed by atoms with E-state index in [1.807, 2.05) is 20.8 Å². The van der Waals surface area contributed by atoms with Crippen LogP contribution in [-0.4, -0.2) is 45.8 Å². The SMILES string of the molecule is Cc1cnc(N2CCN(c3nnc(-c4ccc(C(F)(F)F)cc4)c(C)c3C)C[C@H]2C)cn1. The molecule has 1 aliphatic rings. The number of aryl methyl sites for hydroxylation is 1. The summed E-state index contributed by atoms with van der Waals surface area (Å²) in [5.41, 5.74) is 3.31. The summed E-state index contributed by atoms with van der Waals surface area (Å²) in [4.78, 5) is 13.3. The van der Waals surface area contributed by atoms with Crippen LogP contribution in [0.4, 0.5) is 24.8 Å². The van der Waals surface area contributed by atoms with E-state index >= 15 is 0 Å². The van der Waals surface area contributed by atoms with E-state index in [-0.39, 0.29) is 6.04 Å². The summed E-state index contributed by atoms with van der Waals surface area (Å²) in [6.45, 7) is 10.3. The first kappa shape index (κ1) is 22.0. The van der Waals surface area contributed by atoms with Crippen LogP contribution in [0.1, 0.15) is 29.3 Å². The number of aromatic nitrogens is 4. The molecule has 0 unspecified atom stereocenters.